The molecule has 94 valence electrons. The minimum Gasteiger partial charge on any atom is -0.490 e. The Morgan fingerprint density at radius 2 is 2.00 bits per heavy atom. The minimum absolute atomic E-state index is 0.750. The average Bonchev–Trinajstić information content (AvgIpc) is 2.59. The van der Waals surface area contributed by atoms with Crippen molar-refractivity contribution in [1.29, 1.82) is 0 Å². The van der Waals surface area contributed by atoms with Crippen molar-refractivity contribution in [1.82, 2.24) is 5.32 Å². The van der Waals surface area contributed by atoms with E-state index in [1.807, 2.05) is 6.07 Å². The molecule has 0 amide bonds. The molecule has 0 saturated heterocycles. The molecule has 0 atom stereocenters. The molecule has 1 aromatic carbocycles. The van der Waals surface area contributed by atoms with Gasteiger partial charge in [0, 0.05) is 13.0 Å². The van der Waals surface area contributed by atoms with Crippen molar-refractivity contribution in [3.63, 3.8) is 0 Å². The SMILES string of the molecule is CCCCNCc1ccc2c(c1)OCCCO2. The summed E-state index contributed by atoms with van der Waals surface area (Å²) < 4.78 is 11.3. The summed E-state index contributed by atoms with van der Waals surface area (Å²) >= 11 is 0. The van der Waals surface area contributed by atoms with Gasteiger partial charge in [0.05, 0.1) is 13.2 Å². The van der Waals surface area contributed by atoms with Gasteiger partial charge in [0.25, 0.3) is 0 Å². The fourth-order valence-electron chi connectivity index (χ4n) is 1.85. The van der Waals surface area contributed by atoms with Crippen molar-refractivity contribution in [3.8, 4) is 11.5 Å². The maximum absolute atomic E-state index is 5.66. The third-order valence-corrected chi connectivity index (χ3v) is 2.85. The van der Waals surface area contributed by atoms with Crippen LogP contribution in [0.4, 0.5) is 0 Å². The van der Waals surface area contributed by atoms with E-state index in [0.717, 1.165) is 44.2 Å². The van der Waals surface area contributed by atoms with Gasteiger partial charge in [0.2, 0.25) is 0 Å². The largest absolute Gasteiger partial charge is 0.490 e. The molecule has 1 aliphatic heterocycles. The Morgan fingerprint density at radius 1 is 1.18 bits per heavy atom. The third kappa shape index (κ3) is 3.63. The van der Waals surface area contributed by atoms with Crippen LogP contribution in [-0.4, -0.2) is 19.8 Å². The number of hydrogen-bond donors (Lipinski definition) is 1. The lowest BCUT2D eigenvalue weighted by Crippen LogP contribution is -2.14. The van der Waals surface area contributed by atoms with E-state index in [1.165, 1.54) is 18.4 Å². The maximum Gasteiger partial charge on any atom is 0.161 e. The molecule has 0 spiro atoms. The lowest BCUT2D eigenvalue weighted by atomic mass is 10.2. The lowest BCUT2D eigenvalue weighted by Gasteiger charge is -2.10. The van der Waals surface area contributed by atoms with E-state index in [1.54, 1.807) is 0 Å². The monoisotopic (exact) mass is 235 g/mol. The van der Waals surface area contributed by atoms with Crippen LogP contribution in [0.5, 0.6) is 11.5 Å². The number of nitrogens with one attached hydrogen (secondary N) is 1. The molecule has 0 radical (unpaired) electrons. The minimum atomic E-state index is 0.750. The normalized spacial score (nSPS) is 14.4. The fraction of sp³-hybridized carbons (Fsp3) is 0.571. The Labute approximate surface area is 103 Å². The molecule has 1 aromatic rings. The quantitative estimate of drug-likeness (QED) is 0.796. The van der Waals surface area contributed by atoms with Crippen LogP contribution in [0.3, 0.4) is 0 Å². The number of fused-ring (bicyclic) bond motifs is 1. The van der Waals surface area contributed by atoms with Crippen molar-refractivity contribution < 1.29 is 9.47 Å². The predicted molar refractivity (Wildman–Crippen MR) is 68.7 cm³/mol. The lowest BCUT2D eigenvalue weighted by molar-refractivity contribution is 0.297. The van der Waals surface area contributed by atoms with E-state index in [4.69, 9.17) is 9.47 Å². The second-order valence-electron chi connectivity index (χ2n) is 4.36. The molecule has 0 fully saturated rings. The Bertz CT molecular complexity index is 352. The van der Waals surface area contributed by atoms with Gasteiger partial charge in [-0.25, -0.2) is 0 Å². The second kappa shape index (κ2) is 6.50. The van der Waals surface area contributed by atoms with Gasteiger partial charge in [0.1, 0.15) is 0 Å². The van der Waals surface area contributed by atoms with Crippen LogP contribution in [-0.2, 0) is 6.54 Å². The zero-order valence-corrected chi connectivity index (χ0v) is 10.5. The molecule has 0 aromatic heterocycles. The van der Waals surface area contributed by atoms with Crippen molar-refractivity contribution in [2.24, 2.45) is 0 Å². The Morgan fingerprint density at radius 3 is 2.82 bits per heavy atom. The van der Waals surface area contributed by atoms with Crippen molar-refractivity contribution in [3.05, 3.63) is 23.8 Å². The molecular formula is C14H21NO2. The van der Waals surface area contributed by atoms with E-state index in [9.17, 15) is 0 Å². The molecule has 0 saturated carbocycles. The van der Waals surface area contributed by atoms with Crippen LogP contribution in [0, 0.1) is 0 Å². The molecule has 2 rings (SSSR count). The molecule has 0 unspecified atom stereocenters. The van der Waals surface area contributed by atoms with Gasteiger partial charge in [0.15, 0.2) is 11.5 Å². The number of rotatable bonds is 5. The van der Waals surface area contributed by atoms with Gasteiger partial charge in [-0.15, -0.1) is 0 Å². The summed E-state index contributed by atoms with van der Waals surface area (Å²) in [5.41, 5.74) is 1.25. The first-order valence-corrected chi connectivity index (χ1v) is 6.49. The topological polar surface area (TPSA) is 30.5 Å². The summed E-state index contributed by atoms with van der Waals surface area (Å²) in [6.45, 7) is 5.68. The third-order valence-electron chi connectivity index (χ3n) is 2.85. The number of benzene rings is 1. The zero-order valence-electron chi connectivity index (χ0n) is 10.5. The van der Waals surface area contributed by atoms with E-state index < -0.39 is 0 Å². The Balaban J connectivity index is 1.93. The molecule has 1 N–H and O–H groups in total. The summed E-state index contributed by atoms with van der Waals surface area (Å²) in [7, 11) is 0. The smallest absolute Gasteiger partial charge is 0.161 e. The standard InChI is InChI=1S/C14H21NO2/c1-2-3-7-15-11-12-5-6-13-14(10-12)17-9-4-8-16-13/h5-6,10,15H,2-4,7-9,11H2,1H3. The molecular weight excluding hydrogens is 214 g/mol. The van der Waals surface area contributed by atoms with E-state index in [-0.39, 0.29) is 0 Å². The molecule has 3 heteroatoms. The van der Waals surface area contributed by atoms with E-state index >= 15 is 0 Å². The predicted octanol–water partition coefficient (Wildman–Crippen LogP) is 2.74. The number of unbranched alkanes of at least 4 members (excludes halogenated alkanes) is 1. The van der Waals surface area contributed by atoms with Crippen LogP contribution >= 0.6 is 0 Å². The van der Waals surface area contributed by atoms with Gasteiger partial charge in [-0.2, -0.15) is 0 Å². The molecule has 0 aliphatic carbocycles. The van der Waals surface area contributed by atoms with Crippen LogP contribution in [0.1, 0.15) is 31.7 Å². The van der Waals surface area contributed by atoms with E-state index in [2.05, 4.69) is 24.4 Å². The first-order valence-electron chi connectivity index (χ1n) is 6.49. The first kappa shape index (κ1) is 12.2. The highest BCUT2D eigenvalue weighted by molar-refractivity contribution is 5.43. The van der Waals surface area contributed by atoms with Crippen molar-refractivity contribution >= 4 is 0 Å². The van der Waals surface area contributed by atoms with Crippen molar-refractivity contribution in [2.75, 3.05) is 19.8 Å². The average molecular weight is 235 g/mol. The van der Waals surface area contributed by atoms with Crippen molar-refractivity contribution in [2.45, 2.75) is 32.7 Å². The maximum atomic E-state index is 5.66. The van der Waals surface area contributed by atoms with Gasteiger partial charge < -0.3 is 14.8 Å². The molecule has 3 nitrogen and oxygen atoms in total. The van der Waals surface area contributed by atoms with Gasteiger partial charge in [-0.1, -0.05) is 19.4 Å². The molecule has 1 heterocycles. The molecule has 0 bridgehead atoms. The van der Waals surface area contributed by atoms with E-state index in [0.29, 0.717) is 0 Å². The summed E-state index contributed by atoms with van der Waals surface area (Å²) in [6, 6.07) is 6.20. The second-order valence-corrected chi connectivity index (χ2v) is 4.36. The summed E-state index contributed by atoms with van der Waals surface area (Å²) in [4.78, 5) is 0. The van der Waals surface area contributed by atoms with Crippen LogP contribution in [0.2, 0.25) is 0 Å². The number of ether oxygens (including phenoxy) is 2. The zero-order chi connectivity index (χ0) is 11.9. The van der Waals surface area contributed by atoms with Gasteiger partial charge in [-0.3, -0.25) is 0 Å². The Hall–Kier alpha value is -1.22. The first-order chi connectivity index (χ1) is 8.40. The van der Waals surface area contributed by atoms with Gasteiger partial charge >= 0.3 is 0 Å². The fourth-order valence-corrected chi connectivity index (χ4v) is 1.85. The Kier molecular flexibility index (Phi) is 4.68. The molecule has 17 heavy (non-hydrogen) atoms. The van der Waals surface area contributed by atoms with Gasteiger partial charge in [-0.05, 0) is 30.7 Å². The summed E-state index contributed by atoms with van der Waals surface area (Å²) in [6.07, 6.45) is 3.41. The van der Waals surface area contributed by atoms with Crippen LogP contribution < -0.4 is 14.8 Å². The van der Waals surface area contributed by atoms with Crippen LogP contribution in [0.25, 0.3) is 0 Å². The highest BCUT2D eigenvalue weighted by Gasteiger charge is 2.10. The summed E-state index contributed by atoms with van der Waals surface area (Å²) in [5.74, 6) is 1.76. The molecule has 1 aliphatic rings. The van der Waals surface area contributed by atoms with Crippen LogP contribution in [0.15, 0.2) is 18.2 Å². The number of hydrogen-bond acceptors (Lipinski definition) is 3. The summed E-state index contributed by atoms with van der Waals surface area (Å²) in [5, 5.41) is 3.43. The highest BCUT2D eigenvalue weighted by Crippen LogP contribution is 2.30. The highest BCUT2D eigenvalue weighted by atomic mass is 16.5.